The summed E-state index contributed by atoms with van der Waals surface area (Å²) in [7, 11) is 0. The van der Waals surface area contributed by atoms with Crippen LogP contribution in [0.2, 0.25) is 0 Å². The van der Waals surface area contributed by atoms with Gasteiger partial charge in [0.1, 0.15) is 5.92 Å². The van der Waals surface area contributed by atoms with Crippen LogP contribution < -0.4 is 0 Å². The molecule has 2 aliphatic rings. The molecule has 22 heavy (non-hydrogen) atoms. The highest BCUT2D eigenvalue weighted by atomic mass is 16.2. The quantitative estimate of drug-likeness (QED) is 0.805. The summed E-state index contributed by atoms with van der Waals surface area (Å²) in [6.45, 7) is 1.71. The Morgan fingerprint density at radius 3 is 2.32 bits per heavy atom. The average molecular weight is 298 g/mol. The van der Waals surface area contributed by atoms with Gasteiger partial charge in [0, 0.05) is 19.3 Å². The first-order valence-electron chi connectivity index (χ1n) is 8.30. The first-order valence-corrected chi connectivity index (χ1v) is 8.30. The van der Waals surface area contributed by atoms with Gasteiger partial charge in [-0.1, -0.05) is 25.1 Å². The van der Waals surface area contributed by atoms with Gasteiger partial charge in [0.2, 0.25) is 0 Å². The molecule has 0 saturated heterocycles. The lowest BCUT2D eigenvalue weighted by molar-refractivity contribution is -0.142. The van der Waals surface area contributed by atoms with Crippen LogP contribution >= 0.6 is 0 Å². The van der Waals surface area contributed by atoms with Gasteiger partial charge in [-0.05, 0) is 48.3 Å². The SMILES string of the molecule is CCC(=O)C1C(=O)CC(c2ccc3c(c2)CCCC3)CC1=O. The molecule has 116 valence electrons. The summed E-state index contributed by atoms with van der Waals surface area (Å²) in [5, 5.41) is 0. The summed E-state index contributed by atoms with van der Waals surface area (Å²) in [5.74, 6) is -1.64. The molecule has 0 radical (unpaired) electrons. The summed E-state index contributed by atoms with van der Waals surface area (Å²) >= 11 is 0. The van der Waals surface area contributed by atoms with Crippen molar-refractivity contribution in [1.82, 2.24) is 0 Å². The van der Waals surface area contributed by atoms with Crippen molar-refractivity contribution in [2.45, 2.75) is 57.8 Å². The van der Waals surface area contributed by atoms with Crippen LogP contribution in [0, 0.1) is 5.92 Å². The van der Waals surface area contributed by atoms with Crippen molar-refractivity contribution in [2.24, 2.45) is 5.92 Å². The fourth-order valence-corrected chi connectivity index (χ4v) is 3.78. The van der Waals surface area contributed by atoms with Crippen LogP contribution in [-0.2, 0) is 27.2 Å². The molecular formula is C19H22O3. The van der Waals surface area contributed by atoms with E-state index < -0.39 is 5.92 Å². The van der Waals surface area contributed by atoms with Gasteiger partial charge in [-0.15, -0.1) is 0 Å². The molecule has 0 bridgehead atoms. The molecule has 3 nitrogen and oxygen atoms in total. The normalized spacial score (nSPS) is 25.0. The maximum Gasteiger partial charge on any atom is 0.151 e. The third-order valence-corrected chi connectivity index (χ3v) is 5.05. The summed E-state index contributed by atoms with van der Waals surface area (Å²) < 4.78 is 0. The first-order chi connectivity index (χ1) is 10.6. The predicted octanol–water partition coefficient (Wildman–Crippen LogP) is 3.18. The molecule has 1 fully saturated rings. The molecule has 0 heterocycles. The third kappa shape index (κ3) is 2.77. The summed E-state index contributed by atoms with van der Waals surface area (Å²) in [4.78, 5) is 36.3. The average Bonchev–Trinajstić information content (AvgIpc) is 2.53. The second kappa shape index (κ2) is 6.15. The zero-order valence-corrected chi connectivity index (χ0v) is 13.1. The van der Waals surface area contributed by atoms with Gasteiger partial charge >= 0.3 is 0 Å². The fourth-order valence-electron chi connectivity index (χ4n) is 3.78. The van der Waals surface area contributed by atoms with Crippen molar-refractivity contribution in [3.63, 3.8) is 0 Å². The number of hydrogen-bond donors (Lipinski definition) is 0. The highest BCUT2D eigenvalue weighted by molar-refractivity contribution is 6.20. The Bertz CT molecular complexity index is 612. The van der Waals surface area contributed by atoms with Crippen molar-refractivity contribution in [3.8, 4) is 0 Å². The zero-order valence-electron chi connectivity index (χ0n) is 13.1. The lowest BCUT2D eigenvalue weighted by atomic mass is 9.74. The second-order valence-electron chi connectivity index (χ2n) is 6.53. The Morgan fingerprint density at radius 2 is 1.68 bits per heavy atom. The largest absolute Gasteiger partial charge is 0.298 e. The molecule has 2 aliphatic carbocycles. The summed E-state index contributed by atoms with van der Waals surface area (Å²) in [5.41, 5.74) is 3.86. The summed E-state index contributed by atoms with van der Waals surface area (Å²) in [6, 6.07) is 6.40. The van der Waals surface area contributed by atoms with Crippen LogP contribution in [0.25, 0.3) is 0 Å². The van der Waals surface area contributed by atoms with E-state index in [1.165, 1.54) is 24.0 Å². The molecule has 0 unspecified atom stereocenters. The third-order valence-electron chi connectivity index (χ3n) is 5.05. The zero-order chi connectivity index (χ0) is 15.7. The molecule has 0 spiro atoms. The smallest absolute Gasteiger partial charge is 0.151 e. The van der Waals surface area contributed by atoms with Crippen LogP contribution in [0.15, 0.2) is 18.2 Å². The lowest BCUT2D eigenvalue weighted by Gasteiger charge is -2.27. The molecule has 1 saturated carbocycles. The minimum absolute atomic E-state index is 0.0480. The number of benzene rings is 1. The van der Waals surface area contributed by atoms with Gasteiger partial charge in [0.15, 0.2) is 17.3 Å². The second-order valence-corrected chi connectivity index (χ2v) is 6.53. The van der Waals surface area contributed by atoms with Crippen molar-refractivity contribution in [3.05, 3.63) is 34.9 Å². The number of carbonyl (C=O) groups excluding carboxylic acids is 3. The Kier molecular flexibility index (Phi) is 4.23. The minimum atomic E-state index is -0.987. The van der Waals surface area contributed by atoms with E-state index in [0.29, 0.717) is 12.8 Å². The van der Waals surface area contributed by atoms with Crippen LogP contribution in [-0.4, -0.2) is 17.3 Å². The van der Waals surface area contributed by atoms with E-state index in [1.54, 1.807) is 6.92 Å². The molecule has 0 N–H and O–H groups in total. The van der Waals surface area contributed by atoms with E-state index in [4.69, 9.17) is 0 Å². The molecule has 1 aromatic rings. The van der Waals surface area contributed by atoms with Crippen molar-refractivity contribution in [1.29, 1.82) is 0 Å². The Labute approximate surface area is 131 Å². The highest BCUT2D eigenvalue weighted by Crippen LogP contribution is 2.34. The Morgan fingerprint density at radius 1 is 1.05 bits per heavy atom. The van der Waals surface area contributed by atoms with Crippen molar-refractivity contribution in [2.75, 3.05) is 0 Å². The van der Waals surface area contributed by atoms with Gasteiger partial charge in [-0.3, -0.25) is 14.4 Å². The number of rotatable bonds is 3. The van der Waals surface area contributed by atoms with Gasteiger partial charge < -0.3 is 0 Å². The van der Waals surface area contributed by atoms with E-state index in [0.717, 1.165) is 18.4 Å². The van der Waals surface area contributed by atoms with Gasteiger partial charge in [0.25, 0.3) is 0 Å². The molecule has 0 amide bonds. The molecule has 0 atom stereocenters. The Hall–Kier alpha value is -1.77. The van der Waals surface area contributed by atoms with Crippen molar-refractivity contribution >= 4 is 17.3 Å². The van der Waals surface area contributed by atoms with E-state index in [9.17, 15) is 14.4 Å². The molecular weight excluding hydrogens is 276 g/mol. The molecule has 1 aromatic carbocycles. The lowest BCUT2D eigenvalue weighted by Crippen LogP contribution is -2.37. The number of hydrogen-bond acceptors (Lipinski definition) is 3. The molecule has 0 aromatic heterocycles. The van der Waals surface area contributed by atoms with Gasteiger partial charge in [-0.25, -0.2) is 0 Å². The number of Topliss-reactive ketones (excluding diaryl/α,β-unsaturated/α-hetero) is 3. The fraction of sp³-hybridized carbons (Fsp3) is 0.526. The van der Waals surface area contributed by atoms with Gasteiger partial charge in [0.05, 0.1) is 0 Å². The first kappa shape index (κ1) is 15.1. The van der Waals surface area contributed by atoms with Crippen LogP contribution in [0.5, 0.6) is 0 Å². The highest BCUT2D eigenvalue weighted by Gasteiger charge is 2.39. The number of aryl methyl sites for hydroxylation is 2. The molecule has 0 aliphatic heterocycles. The van der Waals surface area contributed by atoms with Gasteiger partial charge in [-0.2, -0.15) is 0 Å². The standard InChI is InChI=1S/C19H22O3/c1-2-16(20)19-17(21)10-15(11-18(19)22)14-8-7-12-5-3-4-6-13(12)9-14/h7-9,15,19H,2-6,10-11H2,1H3. The van der Waals surface area contributed by atoms with E-state index in [1.807, 2.05) is 0 Å². The van der Waals surface area contributed by atoms with Crippen LogP contribution in [0.4, 0.5) is 0 Å². The number of ketones is 3. The van der Waals surface area contributed by atoms with Crippen LogP contribution in [0.3, 0.4) is 0 Å². The topological polar surface area (TPSA) is 51.2 Å². The minimum Gasteiger partial charge on any atom is -0.298 e. The maximum absolute atomic E-state index is 12.2. The van der Waals surface area contributed by atoms with E-state index >= 15 is 0 Å². The maximum atomic E-state index is 12.2. The molecule has 3 rings (SSSR count). The van der Waals surface area contributed by atoms with E-state index in [-0.39, 0.29) is 29.7 Å². The number of fused-ring (bicyclic) bond motifs is 1. The van der Waals surface area contributed by atoms with Crippen molar-refractivity contribution < 1.29 is 14.4 Å². The molecule has 3 heteroatoms. The monoisotopic (exact) mass is 298 g/mol. The van der Waals surface area contributed by atoms with E-state index in [2.05, 4.69) is 18.2 Å². The Balaban J connectivity index is 1.81. The summed E-state index contributed by atoms with van der Waals surface area (Å²) in [6.07, 6.45) is 5.58. The number of carbonyl (C=O) groups is 3. The van der Waals surface area contributed by atoms with Crippen LogP contribution in [0.1, 0.15) is 61.6 Å². The predicted molar refractivity (Wildman–Crippen MR) is 83.9 cm³/mol.